The fraction of sp³-hybridized carbons (Fsp3) is 0.263. The summed E-state index contributed by atoms with van der Waals surface area (Å²) in [7, 11) is -3.65. The molecule has 2 aromatic carbocycles. The molecule has 132 valence electrons. The van der Waals surface area contributed by atoms with Crippen LogP contribution in [0.25, 0.3) is 10.9 Å². The van der Waals surface area contributed by atoms with E-state index in [-0.39, 0.29) is 11.4 Å². The van der Waals surface area contributed by atoms with Crippen molar-refractivity contribution in [2.24, 2.45) is 0 Å². The zero-order valence-electron chi connectivity index (χ0n) is 14.5. The predicted molar refractivity (Wildman–Crippen MR) is 97.8 cm³/mol. The van der Waals surface area contributed by atoms with Gasteiger partial charge >= 0.3 is 0 Å². The number of hydrogen-bond acceptors (Lipinski definition) is 2. The van der Waals surface area contributed by atoms with Gasteiger partial charge in [0.25, 0.3) is 0 Å². The average Bonchev–Trinajstić information content (AvgIpc) is 2.85. The van der Waals surface area contributed by atoms with Crippen LogP contribution >= 0.6 is 0 Å². The number of benzene rings is 2. The Morgan fingerprint density at radius 3 is 2.56 bits per heavy atom. The molecule has 0 bridgehead atoms. The summed E-state index contributed by atoms with van der Waals surface area (Å²) in [6.45, 7) is 5.85. The molecule has 0 unspecified atom stereocenters. The van der Waals surface area contributed by atoms with Gasteiger partial charge in [-0.05, 0) is 68.7 Å². The van der Waals surface area contributed by atoms with Crippen molar-refractivity contribution in [1.82, 2.24) is 9.71 Å². The molecule has 0 saturated carbocycles. The van der Waals surface area contributed by atoms with E-state index < -0.39 is 15.8 Å². The highest BCUT2D eigenvalue weighted by molar-refractivity contribution is 7.89. The van der Waals surface area contributed by atoms with Gasteiger partial charge in [0.05, 0.1) is 4.90 Å². The summed E-state index contributed by atoms with van der Waals surface area (Å²) in [5.41, 5.74) is 4.67. The second-order valence-electron chi connectivity index (χ2n) is 6.34. The van der Waals surface area contributed by atoms with Crippen LogP contribution in [0.1, 0.15) is 22.4 Å². The van der Waals surface area contributed by atoms with Crippen LogP contribution in [-0.4, -0.2) is 19.9 Å². The normalized spacial score (nSPS) is 12.0. The molecule has 6 heteroatoms. The van der Waals surface area contributed by atoms with E-state index in [4.69, 9.17) is 0 Å². The van der Waals surface area contributed by atoms with Gasteiger partial charge in [-0.1, -0.05) is 11.6 Å². The van der Waals surface area contributed by atoms with Crippen LogP contribution in [0.2, 0.25) is 0 Å². The molecule has 0 aliphatic heterocycles. The number of aromatic amines is 1. The fourth-order valence-corrected chi connectivity index (χ4v) is 4.11. The summed E-state index contributed by atoms with van der Waals surface area (Å²) in [6, 6.07) is 9.99. The molecule has 1 aromatic heterocycles. The van der Waals surface area contributed by atoms with Crippen molar-refractivity contribution < 1.29 is 12.8 Å². The molecule has 0 fully saturated rings. The molecule has 2 N–H and O–H groups in total. The smallest absolute Gasteiger partial charge is 0.240 e. The molecule has 3 aromatic rings. The number of rotatable bonds is 5. The van der Waals surface area contributed by atoms with E-state index >= 15 is 0 Å². The maximum absolute atomic E-state index is 13.3. The van der Waals surface area contributed by atoms with E-state index in [9.17, 15) is 12.8 Å². The Morgan fingerprint density at radius 2 is 1.84 bits per heavy atom. The van der Waals surface area contributed by atoms with Gasteiger partial charge < -0.3 is 4.98 Å². The predicted octanol–water partition coefficient (Wildman–Crippen LogP) is 3.75. The minimum Gasteiger partial charge on any atom is -0.358 e. The van der Waals surface area contributed by atoms with Crippen LogP contribution in [0.5, 0.6) is 0 Å². The highest BCUT2D eigenvalue weighted by Gasteiger charge is 2.16. The lowest BCUT2D eigenvalue weighted by Crippen LogP contribution is -2.26. The molecule has 3 rings (SSSR count). The Kier molecular flexibility index (Phi) is 4.67. The van der Waals surface area contributed by atoms with Crippen molar-refractivity contribution in [2.45, 2.75) is 32.1 Å². The van der Waals surface area contributed by atoms with Gasteiger partial charge in [0.1, 0.15) is 5.82 Å². The summed E-state index contributed by atoms with van der Waals surface area (Å²) in [5.74, 6) is -0.413. The van der Waals surface area contributed by atoms with Crippen LogP contribution in [-0.2, 0) is 16.4 Å². The first-order valence-corrected chi connectivity index (χ1v) is 9.60. The van der Waals surface area contributed by atoms with E-state index in [1.807, 2.05) is 26.0 Å². The maximum atomic E-state index is 13.3. The summed E-state index contributed by atoms with van der Waals surface area (Å²) < 4.78 is 40.7. The Labute approximate surface area is 147 Å². The summed E-state index contributed by atoms with van der Waals surface area (Å²) in [5, 5.41) is 1.12. The van der Waals surface area contributed by atoms with E-state index in [2.05, 4.69) is 15.8 Å². The highest BCUT2D eigenvalue weighted by atomic mass is 32.2. The molecular weight excluding hydrogens is 339 g/mol. The van der Waals surface area contributed by atoms with E-state index in [1.54, 1.807) is 6.92 Å². The number of nitrogens with one attached hydrogen (secondary N) is 2. The van der Waals surface area contributed by atoms with Crippen molar-refractivity contribution >= 4 is 20.9 Å². The second kappa shape index (κ2) is 6.61. The molecule has 0 aliphatic carbocycles. The minimum absolute atomic E-state index is 0.0814. The number of fused-ring (bicyclic) bond motifs is 1. The molecule has 0 spiro atoms. The Balaban J connectivity index is 1.77. The first-order chi connectivity index (χ1) is 11.8. The highest BCUT2D eigenvalue weighted by Crippen LogP contribution is 2.23. The molecule has 0 atom stereocenters. The first-order valence-electron chi connectivity index (χ1n) is 8.11. The summed E-state index contributed by atoms with van der Waals surface area (Å²) in [6.07, 6.45) is 0.578. The number of aromatic nitrogens is 1. The van der Waals surface area contributed by atoms with Crippen LogP contribution in [0.15, 0.2) is 41.3 Å². The Morgan fingerprint density at radius 1 is 1.08 bits per heavy atom. The quantitative estimate of drug-likeness (QED) is 0.728. The third-order valence-corrected chi connectivity index (χ3v) is 5.84. The van der Waals surface area contributed by atoms with Gasteiger partial charge in [0.2, 0.25) is 10.0 Å². The van der Waals surface area contributed by atoms with Crippen LogP contribution in [0.4, 0.5) is 4.39 Å². The second-order valence-corrected chi connectivity index (χ2v) is 8.10. The average molecular weight is 360 g/mol. The van der Waals surface area contributed by atoms with Crippen molar-refractivity contribution in [1.29, 1.82) is 0 Å². The molecule has 0 saturated heterocycles. The summed E-state index contributed by atoms with van der Waals surface area (Å²) in [4.78, 5) is 3.41. The van der Waals surface area contributed by atoms with Gasteiger partial charge in [0.15, 0.2) is 0 Å². The van der Waals surface area contributed by atoms with Gasteiger partial charge in [-0.15, -0.1) is 0 Å². The lowest BCUT2D eigenvalue weighted by Gasteiger charge is -2.08. The number of sulfonamides is 1. The van der Waals surface area contributed by atoms with Gasteiger partial charge in [-0.25, -0.2) is 17.5 Å². The molecule has 0 amide bonds. The molecular formula is C19H21FN2O2S. The Hall–Kier alpha value is -2.18. The third kappa shape index (κ3) is 3.60. The molecule has 4 nitrogen and oxygen atoms in total. The zero-order chi connectivity index (χ0) is 18.2. The van der Waals surface area contributed by atoms with Crippen molar-refractivity contribution in [3.05, 3.63) is 64.6 Å². The lowest BCUT2D eigenvalue weighted by atomic mass is 10.1. The van der Waals surface area contributed by atoms with Gasteiger partial charge in [-0.2, -0.15) is 0 Å². The number of halogens is 1. The molecule has 0 aliphatic rings. The lowest BCUT2D eigenvalue weighted by molar-refractivity contribution is 0.580. The van der Waals surface area contributed by atoms with Gasteiger partial charge in [0, 0.05) is 23.1 Å². The molecule has 1 heterocycles. The summed E-state index contributed by atoms with van der Waals surface area (Å²) >= 11 is 0. The van der Waals surface area contributed by atoms with E-state index in [0.717, 1.165) is 27.7 Å². The topological polar surface area (TPSA) is 62.0 Å². The number of hydrogen-bond donors (Lipinski definition) is 2. The standard InChI is InChI=1S/C19H21FN2O2S/c1-12-4-7-19-17(10-12)16(14(3)22-19)8-9-21-25(23,24)15-5-6-18(20)13(2)11-15/h4-7,10-11,21-22H,8-9H2,1-3H3. The van der Waals surface area contributed by atoms with Crippen LogP contribution < -0.4 is 4.72 Å². The molecule has 25 heavy (non-hydrogen) atoms. The fourth-order valence-electron chi connectivity index (χ4n) is 3.00. The number of aryl methyl sites for hydroxylation is 3. The van der Waals surface area contributed by atoms with Crippen molar-refractivity contribution in [3.63, 3.8) is 0 Å². The SMILES string of the molecule is Cc1ccc2[nH]c(C)c(CCNS(=O)(=O)c3ccc(F)c(C)c3)c2c1. The first kappa shape index (κ1) is 17.6. The maximum Gasteiger partial charge on any atom is 0.240 e. The Bertz CT molecular complexity index is 1040. The monoisotopic (exact) mass is 360 g/mol. The zero-order valence-corrected chi connectivity index (χ0v) is 15.3. The van der Waals surface area contributed by atoms with Crippen molar-refractivity contribution in [2.75, 3.05) is 6.54 Å². The largest absolute Gasteiger partial charge is 0.358 e. The van der Waals surface area contributed by atoms with Gasteiger partial charge in [-0.3, -0.25) is 0 Å². The van der Waals surface area contributed by atoms with E-state index in [0.29, 0.717) is 12.0 Å². The number of H-pyrrole nitrogens is 1. The van der Waals surface area contributed by atoms with Crippen molar-refractivity contribution in [3.8, 4) is 0 Å². The van der Waals surface area contributed by atoms with E-state index in [1.165, 1.54) is 18.2 Å². The van der Waals surface area contributed by atoms with Crippen LogP contribution in [0.3, 0.4) is 0 Å². The third-order valence-electron chi connectivity index (χ3n) is 4.38. The minimum atomic E-state index is -3.65. The van der Waals surface area contributed by atoms with Crippen LogP contribution in [0, 0.1) is 26.6 Å². The molecule has 0 radical (unpaired) electrons.